The third-order valence-corrected chi connectivity index (χ3v) is 5.14. The normalized spacial score (nSPS) is 27.0. The number of hydrogen-bond acceptors (Lipinski definition) is 3. The van der Waals surface area contributed by atoms with Gasteiger partial charge >= 0.3 is 5.97 Å². The molecule has 122 valence electrons. The fourth-order valence-corrected chi connectivity index (χ4v) is 3.45. The summed E-state index contributed by atoms with van der Waals surface area (Å²) in [5.74, 6) is 0.184. The number of likely N-dealkylation sites (tertiary alicyclic amines) is 1. The van der Waals surface area contributed by atoms with Crippen molar-refractivity contribution >= 4 is 5.97 Å². The molecule has 1 heterocycles. The van der Waals surface area contributed by atoms with Crippen LogP contribution in [0.5, 0.6) is 0 Å². The summed E-state index contributed by atoms with van der Waals surface area (Å²) in [5.41, 5.74) is -0.754. The molecule has 0 radical (unpaired) electrons. The van der Waals surface area contributed by atoms with E-state index in [0.29, 0.717) is 12.5 Å². The van der Waals surface area contributed by atoms with Crippen molar-refractivity contribution in [1.29, 1.82) is 0 Å². The maximum atomic E-state index is 11.6. The molecule has 0 aromatic heterocycles. The lowest BCUT2D eigenvalue weighted by Gasteiger charge is -2.30. The smallest absolute Gasteiger partial charge is 0.323 e. The summed E-state index contributed by atoms with van der Waals surface area (Å²) < 4.78 is 0. The lowest BCUT2D eigenvalue weighted by atomic mass is 9.96. The molecule has 1 aliphatic heterocycles. The van der Waals surface area contributed by atoms with Crippen molar-refractivity contribution in [3.05, 3.63) is 0 Å². The highest BCUT2D eigenvalue weighted by atomic mass is 16.4. The minimum atomic E-state index is -0.754. The topological polar surface area (TPSA) is 52.6 Å². The van der Waals surface area contributed by atoms with E-state index in [-0.39, 0.29) is 0 Å². The van der Waals surface area contributed by atoms with Crippen LogP contribution in [-0.2, 0) is 4.79 Å². The van der Waals surface area contributed by atoms with Gasteiger partial charge in [-0.2, -0.15) is 0 Å². The number of nitrogens with one attached hydrogen (secondary N) is 1. The quantitative estimate of drug-likeness (QED) is 0.723. The van der Waals surface area contributed by atoms with E-state index in [1.807, 2.05) is 6.92 Å². The summed E-state index contributed by atoms with van der Waals surface area (Å²) in [6.45, 7) is 7.31. The van der Waals surface area contributed by atoms with E-state index < -0.39 is 11.5 Å². The van der Waals surface area contributed by atoms with E-state index in [9.17, 15) is 9.90 Å². The first-order chi connectivity index (χ1) is 10.0. The fourth-order valence-electron chi connectivity index (χ4n) is 3.45. The molecule has 2 aliphatic rings. The molecule has 2 atom stereocenters. The lowest BCUT2D eigenvalue weighted by Crippen LogP contribution is -2.52. The van der Waals surface area contributed by atoms with Gasteiger partial charge in [0.25, 0.3) is 0 Å². The predicted octanol–water partition coefficient (Wildman–Crippen LogP) is 2.87. The van der Waals surface area contributed by atoms with E-state index >= 15 is 0 Å². The Bertz CT molecular complexity index is 344. The van der Waals surface area contributed by atoms with Crippen LogP contribution in [0, 0.1) is 5.92 Å². The highest BCUT2D eigenvalue weighted by molar-refractivity contribution is 5.78. The number of rotatable bonds is 8. The first-order valence-corrected chi connectivity index (χ1v) is 8.77. The van der Waals surface area contributed by atoms with Gasteiger partial charge in [-0.1, -0.05) is 19.8 Å². The van der Waals surface area contributed by atoms with Gasteiger partial charge in [0.1, 0.15) is 5.54 Å². The van der Waals surface area contributed by atoms with E-state index in [1.165, 1.54) is 32.1 Å². The second-order valence-corrected chi connectivity index (χ2v) is 7.23. The largest absolute Gasteiger partial charge is 0.480 e. The molecule has 2 rings (SSSR count). The maximum Gasteiger partial charge on any atom is 0.323 e. The van der Waals surface area contributed by atoms with Crippen molar-refractivity contribution in [2.24, 2.45) is 5.92 Å². The third-order valence-electron chi connectivity index (χ3n) is 5.14. The molecule has 1 saturated carbocycles. The number of carboxylic acids is 1. The van der Waals surface area contributed by atoms with Crippen molar-refractivity contribution in [2.75, 3.05) is 19.6 Å². The molecule has 0 spiro atoms. The Labute approximate surface area is 129 Å². The fraction of sp³-hybridized carbons (Fsp3) is 0.941. The average Bonchev–Trinajstić information content (AvgIpc) is 3.25. The first-order valence-electron chi connectivity index (χ1n) is 8.77. The van der Waals surface area contributed by atoms with Gasteiger partial charge in [-0.15, -0.1) is 0 Å². The molecule has 4 heteroatoms. The maximum absolute atomic E-state index is 11.6. The van der Waals surface area contributed by atoms with E-state index in [0.717, 1.165) is 38.4 Å². The van der Waals surface area contributed by atoms with Gasteiger partial charge in [-0.3, -0.25) is 10.1 Å². The van der Waals surface area contributed by atoms with Crippen molar-refractivity contribution in [2.45, 2.75) is 76.8 Å². The van der Waals surface area contributed by atoms with Crippen LogP contribution in [0.25, 0.3) is 0 Å². The summed E-state index contributed by atoms with van der Waals surface area (Å²) >= 11 is 0. The monoisotopic (exact) mass is 296 g/mol. The van der Waals surface area contributed by atoms with Crippen molar-refractivity contribution in [1.82, 2.24) is 10.2 Å². The van der Waals surface area contributed by atoms with Gasteiger partial charge < -0.3 is 10.0 Å². The van der Waals surface area contributed by atoms with E-state index in [2.05, 4.69) is 17.1 Å². The molecule has 4 nitrogen and oxygen atoms in total. The molecule has 0 bridgehead atoms. The van der Waals surface area contributed by atoms with Crippen LogP contribution in [0.1, 0.15) is 65.2 Å². The van der Waals surface area contributed by atoms with Crippen LogP contribution >= 0.6 is 0 Å². The number of hydrogen-bond donors (Lipinski definition) is 2. The molecule has 1 aliphatic carbocycles. The summed E-state index contributed by atoms with van der Waals surface area (Å²) in [6.07, 6.45) is 9.50. The minimum Gasteiger partial charge on any atom is -0.480 e. The van der Waals surface area contributed by atoms with Crippen LogP contribution in [0.2, 0.25) is 0 Å². The van der Waals surface area contributed by atoms with Crippen molar-refractivity contribution in [3.63, 3.8) is 0 Å². The van der Waals surface area contributed by atoms with Crippen LogP contribution in [0.3, 0.4) is 0 Å². The number of carboxylic acid groups (broad SMARTS) is 1. The molecule has 0 aromatic carbocycles. The highest BCUT2D eigenvalue weighted by Crippen LogP contribution is 2.26. The molecule has 2 N–H and O–H groups in total. The SMILES string of the molecule is CCCC1CCCN(CCC(C)(NC2CC2)C(=O)O)CC1. The number of nitrogens with zero attached hydrogens (tertiary/aromatic N) is 1. The van der Waals surface area contributed by atoms with Crippen LogP contribution in [-0.4, -0.2) is 47.2 Å². The Morgan fingerprint density at radius 2 is 2.05 bits per heavy atom. The third kappa shape index (κ3) is 5.26. The molecule has 21 heavy (non-hydrogen) atoms. The zero-order valence-corrected chi connectivity index (χ0v) is 13.7. The van der Waals surface area contributed by atoms with Gasteiger partial charge in [0.2, 0.25) is 0 Å². The number of carbonyl (C=O) groups is 1. The molecule has 1 saturated heterocycles. The summed E-state index contributed by atoms with van der Waals surface area (Å²) in [6, 6.07) is 0.434. The highest BCUT2D eigenvalue weighted by Gasteiger charge is 2.38. The van der Waals surface area contributed by atoms with E-state index in [4.69, 9.17) is 0 Å². The predicted molar refractivity (Wildman–Crippen MR) is 85.5 cm³/mol. The summed E-state index contributed by atoms with van der Waals surface area (Å²) in [5, 5.41) is 12.9. The molecule has 2 unspecified atom stereocenters. The Hall–Kier alpha value is -0.610. The zero-order valence-electron chi connectivity index (χ0n) is 13.7. The molecule has 0 aromatic rings. The Balaban J connectivity index is 1.78. The Morgan fingerprint density at radius 1 is 1.29 bits per heavy atom. The molecule has 2 fully saturated rings. The van der Waals surface area contributed by atoms with E-state index in [1.54, 1.807) is 0 Å². The first kappa shape index (κ1) is 16.8. The van der Waals surface area contributed by atoms with Crippen LogP contribution < -0.4 is 5.32 Å². The molecular weight excluding hydrogens is 264 g/mol. The standard InChI is InChI=1S/C17H32N2O2/c1-3-5-14-6-4-11-19(12-9-14)13-10-17(2,16(20)21)18-15-7-8-15/h14-15,18H,3-13H2,1-2H3,(H,20,21). The average molecular weight is 296 g/mol. The second-order valence-electron chi connectivity index (χ2n) is 7.23. The Morgan fingerprint density at radius 3 is 2.67 bits per heavy atom. The molecular formula is C17H32N2O2. The van der Waals surface area contributed by atoms with Crippen LogP contribution in [0.4, 0.5) is 0 Å². The lowest BCUT2D eigenvalue weighted by molar-refractivity contribution is -0.144. The van der Waals surface area contributed by atoms with Gasteiger partial charge in [-0.05, 0) is 64.5 Å². The van der Waals surface area contributed by atoms with Gasteiger partial charge in [-0.25, -0.2) is 0 Å². The van der Waals surface area contributed by atoms with Crippen LogP contribution in [0.15, 0.2) is 0 Å². The zero-order chi connectivity index (χ0) is 15.3. The Kier molecular flexibility index (Phi) is 6.06. The van der Waals surface area contributed by atoms with Crippen molar-refractivity contribution in [3.8, 4) is 0 Å². The van der Waals surface area contributed by atoms with Crippen molar-refractivity contribution < 1.29 is 9.90 Å². The van der Waals surface area contributed by atoms with Gasteiger partial charge in [0.05, 0.1) is 0 Å². The summed E-state index contributed by atoms with van der Waals surface area (Å²) in [7, 11) is 0. The minimum absolute atomic E-state index is 0.434. The second kappa shape index (κ2) is 7.59. The summed E-state index contributed by atoms with van der Waals surface area (Å²) in [4.78, 5) is 14.1. The van der Waals surface area contributed by atoms with Gasteiger partial charge in [0, 0.05) is 12.6 Å². The van der Waals surface area contributed by atoms with Gasteiger partial charge in [0.15, 0.2) is 0 Å². The molecule has 0 amide bonds. The number of aliphatic carboxylic acids is 1.